The summed E-state index contributed by atoms with van der Waals surface area (Å²) < 4.78 is 5.91. The van der Waals surface area contributed by atoms with Crippen molar-refractivity contribution in [1.29, 1.82) is 0 Å². The van der Waals surface area contributed by atoms with Crippen molar-refractivity contribution in [2.75, 3.05) is 28.7 Å². The molecule has 13 nitrogen and oxygen atoms in total. The van der Waals surface area contributed by atoms with Gasteiger partial charge >= 0.3 is 0 Å². The molecule has 0 saturated carbocycles. The van der Waals surface area contributed by atoms with Gasteiger partial charge in [0, 0.05) is 43.2 Å². The van der Waals surface area contributed by atoms with Crippen molar-refractivity contribution in [2.45, 2.75) is 46.9 Å². The van der Waals surface area contributed by atoms with Gasteiger partial charge in [0.1, 0.15) is 11.6 Å². The van der Waals surface area contributed by atoms with Crippen molar-refractivity contribution >= 4 is 45.6 Å². The Kier molecular flexibility index (Phi) is 8.65. The number of hydrogen-bond acceptors (Lipinski definition) is 13. The molecule has 0 aliphatic rings. The first-order valence-corrected chi connectivity index (χ1v) is 14.8. The van der Waals surface area contributed by atoms with Crippen LogP contribution < -0.4 is 26.8 Å². The average Bonchev–Trinajstić information content (AvgIpc) is 3.03. The summed E-state index contributed by atoms with van der Waals surface area (Å²) in [6, 6.07) is 15.3. The predicted octanol–water partition coefficient (Wildman–Crippen LogP) is 4.19. The Morgan fingerprint density at radius 3 is 1.91 bits per heavy atom. The number of nitrogens with zero attached hydrogens (tertiary/aromatic N) is 7. The molecule has 0 atom stereocenters. The molecule has 0 spiro atoms. The van der Waals surface area contributed by atoms with E-state index in [1.807, 2.05) is 69.3 Å². The van der Waals surface area contributed by atoms with Gasteiger partial charge in [0.15, 0.2) is 11.3 Å². The first-order valence-electron chi connectivity index (χ1n) is 14.8. The fraction of sp³-hybridized carbons (Fsp3) is 0.242. The van der Waals surface area contributed by atoms with E-state index in [-0.39, 0.29) is 6.61 Å². The summed E-state index contributed by atoms with van der Waals surface area (Å²) in [6.45, 7) is 7.22. The number of anilines is 4. The van der Waals surface area contributed by atoms with Gasteiger partial charge < -0.3 is 31.9 Å². The molecule has 0 saturated heterocycles. The predicted molar refractivity (Wildman–Crippen MR) is 178 cm³/mol. The van der Waals surface area contributed by atoms with Crippen molar-refractivity contribution in [1.82, 2.24) is 34.9 Å². The molecule has 0 radical (unpaired) electrons. The van der Waals surface area contributed by atoms with Crippen molar-refractivity contribution in [3.05, 3.63) is 93.9 Å². The molecular formula is C33H35N11O2. The second-order valence-corrected chi connectivity index (χ2v) is 11.1. The van der Waals surface area contributed by atoms with Gasteiger partial charge in [-0.15, -0.1) is 0 Å². The Balaban J connectivity index is 1.05. The van der Waals surface area contributed by atoms with E-state index in [0.29, 0.717) is 66.8 Å². The molecule has 0 fully saturated rings. The van der Waals surface area contributed by atoms with Crippen LogP contribution in [-0.2, 0) is 26.1 Å². The number of pyridine rings is 3. The van der Waals surface area contributed by atoms with Gasteiger partial charge in [-0.25, -0.2) is 15.0 Å². The molecule has 0 amide bonds. The van der Waals surface area contributed by atoms with Crippen molar-refractivity contribution in [2.24, 2.45) is 0 Å². The molecule has 0 aliphatic carbocycles. The highest BCUT2D eigenvalue weighted by atomic mass is 16.5. The topological polar surface area (TPSA) is 196 Å². The summed E-state index contributed by atoms with van der Waals surface area (Å²) in [5, 5.41) is 17.2. The third kappa shape index (κ3) is 6.84. The number of hydrogen-bond donors (Lipinski definition) is 5. The molecule has 5 aromatic heterocycles. The first-order chi connectivity index (χ1) is 22.2. The minimum atomic E-state index is 0.00892. The third-order valence-electron chi connectivity index (χ3n) is 7.48. The SMILES string of the molecule is Cc1cc(C)c2c(N)nc(NCc3ccc(OCCc4cc(C)c5c(N)nc(NCc6ccc(CO)cc6)nc5n4)nc3)nc2n1. The second kappa shape index (κ2) is 13.1. The maximum Gasteiger partial charge on any atom is 0.226 e. The minimum absolute atomic E-state index is 0.00892. The minimum Gasteiger partial charge on any atom is -0.477 e. The van der Waals surface area contributed by atoms with E-state index in [2.05, 4.69) is 40.5 Å². The van der Waals surface area contributed by atoms with E-state index in [1.54, 1.807) is 6.20 Å². The van der Waals surface area contributed by atoms with Crippen molar-refractivity contribution < 1.29 is 9.84 Å². The van der Waals surface area contributed by atoms with Crippen LogP contribution in [0.4, 0.5) is 23.5 Å². The van der Waals surface area contributed by atoms with Crippen LogP contribution in [0.2, 0.25) is 0 Å². The van der Waals surface area contributed by atoms with Crippen molar-refractivity contribution in [3.63, 3.8) is 0 Å². The highest BCUT2D eigenvalue weighted by molar-refractivity contribution is 5.90. The van der Waals surface area contributed by atoms with E-state index < -0.39 is 0 Å². The lowest BCUT2D eigenvalue weighted by Gasteiger charge is -2.11. The number of aliphatic hydroxyl groups excluding tert-OH is 1. The second-order valence-electron chi connectivity index (χ2n) is 11.1. The van der Waals surface area contributed by atoms with Crippen molar-refractivity contribution in [3.8, 4) is 5.88 Å². The van der Waals surface area contributed by atoms with Gasteiger partial charge in [-0.3, -0.25) is 0 Å². The van der Waals surface area contributed by atoms with Crippen LogP contribution in [0.3, 0.4) is 0 Å². The molecule has 0 bridgehead atoms. The summed E-state index contributed by atoms with van der Waals surface area (Å²) in [4.78, 5) is 31.6. The average molecular weight is 618 g/mol. The molecule has 13 heteroatoms. The van der Waals surface area contributed by atoms with Crippen LogP contribution in [0.1, 0.15) is 39.2 Å². The number of aromatic nitrogens is 7. The number of fused-ring (bicyclic) bond motifs is 2. The zero-order valence-corrected chi connectivity index (χ0v) is 25.9. The van der Waals surface area contributed by atoms with E-state index in [4.69, 9.17) is 21.2 Å². The zero-order valence-electron chi connectivity index (χ0n) is 25.9. The van der Waals surface area contributed by atoms with Crippen LogP contribution >= 0.6 is 0 Å². The molecule has 0 unspecified atom stereocenters. The number of nitrogen functional groups attached to an aromatic ring is 2. The van der Waals surface area contributed by atoms with E-state index in [0.717, 1.165) is 50.0 Å². The van der Waals surface area contributed by atoms with Gasteiger partial charge in [-0.1, -0.05) is 30.3 Å². The molecule has 234 valence electrons. The highest BCUT2D eigenvalue weighted by Gasteiger charge is 2.13. The quantitative estimate of drug-likeness (QED) is 0.139. The van der Waals surface area contributed by atoms with Gasteiger partial charge in [-0.2, -0.15) is 19.9 Å². The molecule has 6 rings (SSSR count). The largest absolute Gasteiger partial charge is 0.477 e. The van der Waals surface area contributed by atoms with E-state index >= 15 is 0 Å². The summed E-state index contributed by atoms with van der Waals surface area (Å²) in [7, 11) is 0. The Bertz CT molecular complexity index is 2020. The lowest BCUT2D eigenvalue weighted by Crippen LogP contribution is -2.09. The van der Waals surface area contributed by atoms with Gasteiger partial charge in [0.25, 0.3) is 0 Å². The highest BCUT2D eigenvalue weighted by Crippen LogP contribution is 2.25. The normalized spacial score (nSPS) is 11.2. The fourth-order valence-electron chi connectivity index (χ4n) is 5.20. The smallest absolute Gasteiger partial charge is 0.226 e. The monoisotopic (exact) mass is 617 g/mol. The standard InChI is InChI=1S/C33H35N11O2/c1-18-12-20(3)39-30-26(18)28(34)41-33(43-30)38-16-23-8-9-25(36-15-23)46-11-10-24-13-19(2)27-29(35)42-32(44-31(27)40-24)37-14-21-4-6-22(17-45)7-5-21/h4-9,12-13,15,45H,10-11,14,16-17H2,1-3H3,(H3,34,38,39,41,43)(H3,35,37,40,42,44). The van der Waals surface area contributed by atoms with Crippen LogP contribution in [0.5, 0.6) is 5.88 Å². The van der Waals surface area contributed by atoms with E-state index in [9.17, 15) is 5.11 Å². The van der Waals surface area contributed by atoms with Crippen LogP contribution in [0.25, 0.3) is 22.1 Å². The van der Waals surface area contributed by atoms with Crippen LogP contribution in [0.15, 0.2) is 54.7 Å². The van der Waals surface area contributed by atoms with Gasteiger partial charge in [0.05, 0.1) is 24.0 Å². The molecule has 1 aromatic carbocycles. The number of nitrogens with one attached hydrogen (secondary N) is 2. The maximum atomic E-state index is 9.25. The summed E-state index contributed by atoms with van der Waals surface area (Å²) in [5.74, 6) is 2.07. The molecule has 6 aromatic rings. The molecule has 7 N–H and O–H groups in total. The Morgan fingerprint density at radius 2 is 1.28 bits per heavy atom. The number of aryl methyl sites for hydroxylation is 3. The summed E-state index contributed by atoms with van der Waals surface area (Å²) >= 11 is 0. The third-order valence-corrected chi connectivity index (χ3v) is 7.48. The summed E-state index contributed by atoms with van der Waals surface area (Å²) in [6.07, 6.45) is 2.30. The molecule has 46 heavy (non-hydrogen) atoms. The van der Waals surface area contributed by atoms with Crippen LogP contribution in [0, 0.1) is 20.8 Å². The number of benzene rings is 1. The first kappa shape index (κ1) is 30.3. The number of nitrogens with two attached hydrogens (primary N) is 2. The lowest BCUT2D eigenvalue weighted by atomic mass is 10.1. The molecule has 5 heterocycles. The van der Waals surface area contributed by atoms with Gasteiger partial charge in [-0.05, 0) is 60.7 Å². The number of rotatable bonds is 11. The fourth-order valence-corrected chi connectivity index (χ4v) is 5.20. The van der Waals surface area contributed by atoms with Gasteiger partial charge in [0.2, 0.25) is 17.8 Å². The Hall–Kier alpha value is -5.69. The lowest BCUT2D eigenvalue weighted by molar-refractivity contribution is 0.282. The molecular weight excluding hydrogens is 582 g/mol. The maximum absolute atomic E-state index is 9.25. The van der Waals surface area contributed by atoms with E-state index in [1.165, 1.54) is 0 Å². The molecule has 0 aliphatic heterocycles. The Morgan fingerprint density at radius 1 is 0.696 bits per heavy atom. The van der Waals surface area contributed by atoms with Crippen LogP contribution in [-0.4, -0.2) is 46.6 Å². The Labute approximate surface area is 265 Å². The zero-order chi connectivity index (χ0) is 32.2. The summed E-state index contributed by atoms with van der Waals surface area (Å²) in [5.41, 5.74) is 20.0. The number of aliphatic hydroxyl groups is 1. The number of ether oxygens (including phenoxy) is 1.